The van der Waals surface area contributed by atoms with E-state index in [2.05, 4.69) is 24.8 Å². The first-order valence-corrected chi connectivity index (χ1v) is 9.44. The van der Waals surface area contributed by atoms with Crippen LogP contribution in [0.4, 0.5) is 14.7 Å². The van der Waals surface area contributed by atoms with Gasteiger partial charge in [0, 0.05) is 10.5 Å². The predicted octanol–water partition coefficient (Wildman–Crippen LogP) is 0.274. The van der Waals surface area contributed by atoms with Crippen molar-refractivity contribution in [3.63, 3.8) is 0 Å². The number of H-pyrrole nitrogens is 1. The Kier molecular flexibility index (Phi) is 5.74. The zero-order chi connectivity index (χ0) is 21.5. The van der Waals surface area contributed by atoms with Crippen molar-refractivity contribution in [1.29, 1.82) is 0 Å². The maximum absolute atomic E-state index is 14.5. The van der Waals surface area contributed by atoms with Crippen molar-refractivity contribution in [1.82, 2.24) is 19.5 Å². The Morgan fingerprint density at radius 2 is 2.24 bits per heavy atom. The third-order valence-corrected chi connectivity index (χ3v) is 4.62. The molecule has 1 unspecified atom stereocenters. The summed E-state index contributed by atoms with van der Waals surface area (Å²) in [6, 6.07) is 0. The number of amides is 1. The maximum Gasteiger partial charge on any atom is 0.695 e. The van der Waals surface area contributed by atoms with E-state index in [9.17, 15) is 28.0 Å². The quantitative estimate of drug-likeness (QED) is 0.465. The molecule has 3 rings (SSSR count). The molecule has 2 aromatic rings. The highest BCUT2D eigenvalue weighted by atomic mass is 31.1. The maximum atomic E-state index is 14.5. The minimum atomic E-state index is -3.83. The van der Waals surface area contributed by atoms with Crippen molar-refractivity contribution in [2.75, 3.05) is 11.9 Å². The number of aliphatic hydroxyl groups excluding tert-OH is 1. The van der Waals surface area contributed by atoms with Crippen LogP contribution in [0.2, 0.25) is 0 Å². The third-order valence-electron chi connectivity index (χ3n) is 4.21. The van der Waals surface area contributed by atoms with Crippen LogP contribution >= 0.6 is 8.25 Å². The van der Waals surface area contributed by atoms with Gasteiger partial charge in [-0.2, -0.15) is 4.98 Å². The predicted molar refractivity (Wildman–Crippen MR) is 92.3 cm³/mol. The molecule has 12 nitrogen and oxygen atoms in total. The number of halogens is 2. The molecule has 1 saturated heterocycles. The average Bonchev–Trinajstić information content (AvgIpc) is 3.14. The van der Waals surface area contributed by atoms with Gasteiger partial charge in [0.25, 0.3) is 5.56 Å². The number of fused-ring (bicyclic) bond motifs is 1. The number of aromatic amines is 1. The average molecular weight is 436 g/mol. The molecule has 158 valence electrons. The molecule has 4 atom stereocenters. The Morgan fingerprint density at radius 3 is 2.83 bits per heavy atom. The molecule has 1 fully saturated rings. The van der Waals surface area contributed by atoms with Crippen molar-refractivity contribution in [2.24, 2.45) is 5.92 Å². The number of ether oxygens (including phenoxy) is 1. The first kappa shape index (κ1) is 21.3. The smallest absolute Gasteiger partial charge is 0.393 e. The van der Waals surface area contributed by atoms with Gasteiger partial charge in [-0.15, -0.1) is 9.42 Å². The number of aliphatic hydroxyl groups is 1. The molecule has 15 heteroatoms. The monoisotopic (exact) mass is 436 g/mol. The lowest BCUT2D eigenvalue weighted by molar-refractivity contribution is -0.119. The normalized spacial score (nSPS) is 24.2. The van der Waals surface area contributed by atoms with E-state index in [-0.39, 0.29) is 17.1 Å². The number of hydrogen-bond acceptors (Lipinski definition) is 8. The lowest BCUT2D eigenvalue weighted by Crippen LogP contribution is -2.41. The first-order chi connectivity index (χ1) is 13.6. The summed E-state index contributed by atoms with van der Waals surface area (Å²) in [5.41, 5.74) is -1.25. The summed E-state index contributed by atoms with van der Waals surface area (Å²) in [6.45, 7) is 2.12. The second-order valence-electron chi connectivity index (χ2n) is 6.52. The van der Waals surface area contributed by atoms with Gasteiger partial charge in [0.2, 0.25) is 18.0 Å². The Labute approximate surface area is 161 Å². The van der Waals surface area contributed by atoms with E-state index in [0.717, 1.165) is 10.9 Å². The standard InChI is InChI=1S/C14H16F2N5O7P/c1-5(2)10(23)19-13-18-9-7(11(24)20-13)17-4-21(9)12-8(28-29(25)26)14(15,16)6(3-22)27-12/h4-6,8,12,22H,3H2,1-2H3,(H2-,18,19,20,23,24,25,26)/p+1/t6-,8+,12-/m1/s1. The van der Waals surface area contributed by atoms with Gasteiger partial charge >= 0.3 is 14.2 Å². The van der Waals surface area contributed by atoms with Crippen LogP contribution in [0.25, 0.3) is 11.2 Å². The largest absolute Gasteiger partial charge is 0.695 e. The molecule has 4 N–H and O–H groups in total. The summed E-state index contributed by atoms with van der Waals surface area (Å²) in [7, 11) is -3.44. The molecular formula is C14H17F2N5O7P+. The van der Waals surface area contributed by atoms with Crippen LogP contribution in [-0.2, 0) is 18.6 Å². The van der Waals surface area contributed by atoms with Gasteiger partial charge in [-0.3, -0.25) is 24.5 Å². The molecule has 0 aliphatic carbocycles. The number of alkyl halides is 2. The highest BCUT2D eigenvalue weighted by Gasteiger charge is 2.64. The molecule has 0 bridgehead atoms. The Hall–Kier alpha value is -2.38. The van der Waals surface area contributed by atoms with E-state index in [4.69, 9.17) is 9.63 Å². The third kappa shape index (κ3) is 3.89. The van der Waals surface area contributed by atoms with Crippen LogP contribution in [0.3, 0.4) is 0 Å². The highest BCUT2D eigenvalue weighted by Crippen LogP contribution is 2.46. The highest BCUT2D eigenvalue weighted by molar-refractivity contribution is 7.32. The van der Waals surface area contributed by atoms with Gasteiger partial charge in [-0.1, -0.05) is 13.8 Å². The number of rotatable bonds is 6. The fourth-order valence-corrected chi connectivity index (χ4v) is 3.17. The number of carbonyl (C=O) groups excluding carboxylic acids is 1. The molecular weight excluding hydrogens is 419 g/mol. The molecule has 0 radical (unpaired) electrons. The zero-order valence-corrected chi connectivity index (χ0v) is 16.0. The van der Waals surface area contributed by atoms with Crippen LogP contribution in [-0.4, -0.2) is 60.2 Å². The second kappa shape index (κ2) is 7.80. The number of carbonyl (C=O) groups is 1. The number of anilines is 1. The van der Waals surface area contributed by atoms with Crippen LogP contribution in [0, 0.1) is 5.92 Å². The van der Waals surface area contributed by atoms with E-state index in [1.54, 1.807) is 13.8 Å². The number of nitrogens with zero attached hydrogens (tertiary/aromatic N) is 3. The summed E-state index contributed by atoms with van der Waals surface area (Å²) in [5.74, 6) is -4.97. The number of hydrogen-bond donors (Lipinski definition) is 4. The lowest BCUT2D eigenvalue weighted by atomic mass is 10.1. The van der Waals surface area contributed by atoms with E-state index in [0.29, 0.717) is 0 Å². The van der Waals surface area contributed by atoms with E-state index in [1.807, 2.05) is 0 Å². The Balaban J connectivity index is 2.08. The molecule has 1 aliphatic heterocycles. The van der Waals surface area contributed by atoms with Gasteiger partial charge in [-0.25, -0.2) is 13.8 Å². The second-order valence-corrected chi connectivity index (χ2v) is 7.21. The fraction of sp³-hybridized carbons (Fsp3) is 0.571. The van der Waals surface area contributed by atoms with Crippen molar-refractivity contribution in [3.8, 4) is 0 Å². The molecule has 0 aromatic carbocycles. The van der Waals surface area contributed by atoms with Crippen molar-refractivity contribution in [2.45, 2.75) is 38.2 Å². The van der Waals surface area contributed by atoms with Gasteiger partial charge in [0.15, 0.2) is 17.4 Å². The van der Waals surface area contributed by atoms with Crippen LogP contribution in [0.1, 0.15) is 20.1 Å². The molecule has 1 amide bonds. The zero-order valence-electron chi connectivity index (χ0n) is 15.1. The Morgan fingerprint density at radius 1 is 1.55 bits per heavy atom. The van der Waals surface area contributed by atoms with E-state index >= 15 is 0 Å². The molecule has 1 aliphatic rings. The van der Waals surface area contributed by atoms with E-state index < -0.39 is 56.6 Å². The van der Waals surface area contributed by atoms with Gasteiger partial charge in [0.1, 0.15) is 6.10 Å². The fourth-order valence-electron chi connectivity index (χ4n) is 2.73. The summed E-state index contributed by atoms with van der Waals surface area (Å²) < 4.78 is 50.4. The topological polar surface area (TPSA) is 169 Å². The van der Waals surface area contributed by atoms with Gasteiger partial charge in [-0.05, 0) is 0 Å². The van der Waals surface area contributed by atoms with Crippen molar-refractivity contribution >= 4 is 31.3 Å². The number of nitrogens with one attached hydrogen (secondary N) is 2. The van der Waals surface area contributed by atoms with Crippen molar-refractivity contribution < 1.29 is 37.4 Å². The molecule has 0 spiro atoms. The molecule has 29 heavy (non-hydrogen) atoms. The summed E-state index contributed by atoms with van der Waals surface area (Å²) >= 11 is 0. The minimum absolute atomic E-state index is 0.242. The molecule has 0 saturated carbocycles. The van der Waals surface area contributed by atoms with Crippen molar-refractivity contribution in [3.05, 3.63) is 16.7 Å². The summed E-state index contributed by atoms with van der Waals surface area (Å²) in [4.78, 5) is 43.1. The number of aromatic nitrogens is 4. The number of imidazole rings is 1. The molecule has 3 heterocycles. The van der Waals surface area contributed by atoms with Gasteiger partial charge in [0.05, 0.1) is 12.9 Å². The van der Waals surface area contributed by atoms with Gasteiger partial charge < -0.3 is 9.84 Å². The van der Waals surface area contributed by atoms with Crippen LogP contribution < -0.4 is 10.9 Å². The summed E-state index contributed by atoms with van der Waals surface area (Å²) in [6.07, 6.45) is -5.09. The van der Waals surface area contributed by atoms with E-state index in [1.165, 1.54) is 0 Å². The summed E-state index contributed by atoms with van der Waals surface area (Å²) in [5, 5.41) is 11.6. The van der Waals surface area contributed by atoms with Crippen LogP contribution in [0.5, 0.6) is 0 Å². The SMILES string of the molecule is CC(C)C(=O)Nc1nc2c(ncn2[C@@H]2O[C@H](CO)C(F)(F)[C@H]2O[P+](=O)O)c(=O)[nH]1. The first-order valence-electron chi connectivity index (χ1n) is 8.31. The van der Waals surface area contributed by atoms with Crippen LogP contribution in [0.15, 0.2) is 11.1 Å². The molecule has 2 aromatic heterocycles. The Bertz CT molecular complexity index is 1010. The lowest BCUT2D eigenvalue weighted by Gasteiger charge is -2.18. The minimum Gasteiger partial charge on any atom is -0.393 e.